The van der Waals surface area contributed by atoms with E-state index in [1.165, 1.54) is 24.3 Å². The van der Waals surface area contributed by atoms with E-state index in [2.05, 4.69) is 5.32 Å². The number of carbonyl (C=O) groups is 1. The molecule has 108 valence electrons. The first kappa shape index (κ1) is 15.3. The van der Waals surface area contributed by atoms with Crippen LogP contribution in [0.1, 0.15) is 5.56 Å². The summed E-state index contributed by atoms with van der Waals surface area (Å²) in [5.74, 6) is -0.248. The van der Waals surface area contributed by atoms with Crippen molar-refractivity contribution in [1.29, 1.82) is 0 Å². The molecule has 21 heavy (non-hydrogen) atoms. The maximum absolute atomic E-state index is 11.9. The zero-order chi connectivity index (χ0) is 15.4. The average molecular weight is 325 g/mol. The molecule has 0 radical (unpaired) electrons. The van der Waals surface area contributed by atoms with Crippen molar-refractivity contribution in [3.63, 3.8) is 0 Å². The van der Waals surface area contributed by atoms with Crippen LogP contribution in [0, 0.1) is 10.1 Å². The molecule has 7 heteroatoms. The van der Waals surface area contributed by atoms with Crippen molar-refractivity contribution in [2.45, 2.75) is 6.42 Å². The summed E-state index contributed by atoms with van der Waals surface area (Å²) in [6.45, 7) is 0. The first-order chi connectivity index (χ1) is 9.95. The van der Waals surface area contributed by atoms with E-state index in [0.29, 0.717) is 15.7 Å². The Morgan fingerprint density at radius 3 is 2.33 bits per heavy atom. The summed E-state index contributed by atoms with van der Waals surface area (Å²) in [7, 11) is 0. The number of benzene rings is 2. The molecule has 0 aliphatic carbocycles. The molecule has 0 saturated carbocycles. The van der Waals surface area contributed by atoms with Crippen LogP contribution in [0.5, 0.6) is 0 Å². The van der Waals surface area contributed by atoms with Gasteiger partial charge in [0.05, 0.1) is 21.4 Å². The van der Waals surface area contributed by atoms with Gasteiger partial charge in [-0.3, -0.25) is 14.9 Å². The minimum Gasteiger partial charge on any atom is -0.326 e. The van der Waals surface area contributed by atoms with E-state index in [-0.39, 0.29) is 18.0 Å². The summed E-state index contributed by atoms with van der Waals surface area (Å²) in [5, 5.41) is 14.0. The number of rotatable bonds is 4. The predicted octanol–water partition coefficient (Wildman–Crippen LogP) is 4.08. The van der Waals surface area contributed by atoms with Crippen LogP contribution in [0.15, 0.2) is 42.5 Å². The van der Waals surface area contributed by atoms with Crippen LogP contribution in [0.3, 0.4) is 0 Å². The van der Waals surface area contributed by atoms with Crippen LogP contribution in [-0.4, -0.2) is 10.8 Å². The van der Waals surface area contributed by atoms with Crippen LogP contribution >= 0.6 is 23.2 Å². The lowest BCUT2D eigenvalue weighted by atomic mass is 10.1. The number of amides is 1. The normalized spacial score (nSPS) is 10.2. The largest absolute Gasteiger partial charge is 0.326 e. The number of non-ortho nitro benzene ring substituents is 1. The third-order valence-electron chi connectivity index (χ3n) is 2.71. The molecule has 0 aliphatic rings. The van der Waals surface area contributed by atoms with E-state index in [1.807, 2.05) is 0 Å². The summed E-state index contributed by atoms with van der Waals surface area (Å²) in [4.78, 5) is 21.9. The molecule has 2 aromatic carbocycles. The SMILES string of the molecule is O=C(Cc1ccc(Cl)c(Cl)c1)Nc1ccc([N+](=O)[O-])cc1. The number of nitro benzene ring substituents is 1. The van der Waals surface area contributed by atoms with Gasteiger partial charge in [0, 0.05) is 17.8 Å². The van der Waals surface area contributed by atoms with Gasteiger partial charge in [0.1, 0.15) is 0 Å². The lowest BCUT2D eigenvalue weighted by Crippen LogP contribution is -2.14. The molecule has 0 atom stereocenters. The monoisotopic (exact) mass is 324 g/mol. The van der Waals surface area contributed by atoms with Gasteiger partial charge >= 0.3 is 0 Å². The summed E-state index contributed by atoms with van der Waals surface area (Å²) < 4.78 is 0. The van der Waals surface area contributed by atoms with E-state index in [1.54, 1.807) is 18.2 Å². The first-order valence-corrected chi connectivity index (χ1v) is 6.69. The number of hydrogen-bond donors (Lipinski definition) is 1. The van der Waals surface area contributed by atoms with Crippen molar-refractivity contribution in [3.05, 3.63) is 68.2 Å². The first-order valence-electron chi connectivity index (χ1n) is 5.94. The molecule has 0 bridgehead atoms. The third-order valence-corrected chi connectivity index (χ3v) is 3.45. The highest BCUT2D eigenvalue weighted by Gasteiger charge is 2.08. The van der Waals surface area contributed by atoms with Gasteiger partial charge < -0.3 is 5.32 Å². The Balaban J connectivity index is 2.01. The van der Waals surface area contributed by atoms with E-state index < -0.39 is 4.92 Å². The number of halogens is 2. The minimum atomic E-state index is -0.499. The van der Waals surface area contributed by atoms with Crippen molar-refractivity contribution in [2.75, 3.05) is 5.32 Å². The maximum atomic E-state index is 11.9. The molecule has 1 N–H and O–H groups in total. The summed E-state index contributed by atoms with van der Waals surface area (Å²) in [5.41, 5.74) is 1.19. The van der Waals surface area contributed by atoms with Crippen LogP contribution in [-0.2, 0) is 11.2 Å². The molecule has 2 aromatic rings. The van der Waals surface area contributed by atoms with Crippen molar-refractivity contribution in [1.82, 2.24) is 0 Å². The lowest BCUT2D eigenvalue weighted by molar-refractivity contribution is -0.384. The van der Waals surface area contributed by atoms with Gasteiger partial charge in [-0.15, -0.1) is 0 Å². The number of hydrogen-bond acceptors (Lipinski definition) is 3. The predicted molar refractivity (Wildman–Crippen MR) is 81.9 cm³/mol. The molecule has 5 nitrogen and oxygen atoms in total. The second kappa shape index (κ2) is 6.56. The Kier molecular flexibility index (Phi) is 4.77. The van der Waals surface area contributed by atoms with E-state index in [9.17, 15) is 14.9 Å². The highest BCUT2D eigenvalue weighted by molar-refractivity contribution is 6.42. The van der Waals surface area contributed by atoms with Crippen LogP contribution in [0.2, 0.25) is 10.0 Å². The van der Waals surface area contributed by atoms with E-state index in [0.717, 1.165) is 5.56 Å². The van der Waals surface area contributed by atoms with Gasteiger partial charge in [0.25, 0.3) is 5.69 Å². The van der Waals surface area contributed by atoms with Crippen molar-refractivity contribution >= 4 is 40.5 Å². The van der Waals surface area contributed by atoms with Crippen LogP contribution in [0.4, 0.5) is 11.4 Å². The van der Waals surface area contributed by atoms with Gasteiger partial charge in [0.15, 0.2) is 0 Å². The van der Waals surface area contributed by atoms with Crippen LogP contribution < -0.4 is 5.32 Å². The summed E-state index contributed by atoms with van der Waals surface area (Å²) >= 11 is 11.7. The van der Waals surface area contributed by atoms with Gasteiger partial charge in [-0.1, -0.05) is 29.3 Å². The number of nitro groups is 1. The second-order valence-electron chi connectivity index (χ2n) is 4.28. The highest BCUT2D eigenvalue weighted by atomic mass is 35.5. The fraction of sp³-hybridized carbons (Fsp3) is 0.0714. The molecular weight excluding hydrogens is 315 g/mol. The molecule has 1 amide bonds. The second-order valence-corrected chi connectivity index (χ2v) is 5.09. The Bertz CT molecular complexity index is 687. The molecule has 0 fully saturated rings. The van der Waals surface area contributed by atoms with Crippen molar-refractivity contribution in [2.24, 2.45) is 0 Å². The molecular formula is C14H10Cl2N2O3. The summed E-state index contributed by atoms with van der Waals surface area (Å²) in [6.07, 6.45) is 0.133. The quantitative estimate of drug-likeness (QED) is 0.680. The van der Waals surface area contributed by atoms with Crippen molar-refractivity contribution in [3.8, 4) is 0 Å². The topological polar surface area (TPSA) is 72.2 Å². The highest BCUT2D eigenvalue weighted by Crippen LogP contribution is 2.23. The minimum absolute atomic E-state index is 0.0301. The Labute approximate surface area is 130 Å². The van der Waals surface area contributed by atoms with E-state index in [4.69, 9.17) is 23.2 Å². The fourth-order valence-electron chi connectivity index (χ4n) is 1.71. The van der Waals surface area contributed by atoms with Gasteiger partial charge in [0.2, 0.25) is 5.91 Å². The molecule has 0 aliphatic heterocycles. The Morgan fingerprint density at radius 2 is 1.76 bits per heavy atom. The number of nitrogens with one attached hydrogen (secondary N) is 1. The summed E-state index contributed by atoms with van der Waals surface area (Å²) in [6, 6.07) is 10.6. The molecule has 2 rings (SSSR count). The van der Waals surface area contributed by atoms with Gasteiger partial charge in [-0.25, -0.2) is 0 Å². The number of carbonyl (C=O) groups excluding carboxylic acids is 1. The smallest absolute Gasteiger partial charge is 0.269 e. The Hall–Kier alpha value is -2.11. The van der Waals surface area contributed by atoms with Gasteiger partial charge in [-0.2, -0.15) is 0 Å². The number of anilines is 1. The Morgan fingerprint density at radius 1 is 1.10 bits per heavy atom. The lowest BCUT2D eigenvalue weighted by Gasteiger charge is -2.06. The van der Waals surface area contributed by atoms with E-state index >= 15 is 0 Å². The molecule has 0 spiro atoms. The van der Waals surface area contributed by atoms with Crippen molar-refractivity contribution < 1.29 is 9.72 Å². The molecule has 0 heterocycles. The fourth-order valence-corrected chi connectivity index (χ4v) is 2.03. The molecule has 0 unspecified atom stereocenters. The number of nitrogens with zero attached hydrogens (tertiary/aromatic N) is 1. The zero-order valence-corrected chi connectivity index (χ0v) is 12.2. The molecule has 0 saturated heterocycles. The zero-order valence-electron chi connectivity index (χ0n) is 10.7. The van der Waals surface area contributed by atoms with Gasteiger partial charge in [-0.05, 0) is 29.8 Å². The molecule has 0 aromatic heterocycles. The third kappa shape index (κ3) is 4.18. The maximum Gasteiger partial charge on any atom is 0.269 e. The average Bonchev–Trinajstić information content (AvgIpc) is 2.43. The van der Waals surface area contributed by atoms with Crippen LogP contribution in [0.25, 0.3) is 0 Å². The standard InChI is InChI=1S/C14H10Cl2N2O3/c15-12-6-1-9(7-13(12)16)8-14(19)17-10-2-4-11(5-3-10)18(20)21/h1-7H,8H2,(H,17,19).